The van der Waals surface area contributed by atoms with Gasteiger partial charge >= 0.3 is 0 Å². The van der Waals surface area contributed by atoms with E-state index in [0.717, 1.165) is 0 Å². The molecule has 0 saturated carbocycles. The Bertz CT molecular complexity index is 974. The second kappa shape index (κ2) is 8.69. The fraction of sp³-hybridized carbons (Fsp3) is 0.316. The van der Waals surface area contributed by atoms with Crippen LogP contribution in [0.1, 0.15) is 12.8 Å². The number of anilines is 1. The van der Waals surface area contributed by atoms with Crippen LogP contribution in [0.25, 0.3) is 0 Å². The van der Waals surface area contributed by atoms with E-state index in [2.05, 4.69) is 5.32 Å². The van der Waals surface area contributed by atoms with Gasteiger partial charge in [0.1, 0.15) is 10.6 Å². The van der Waals surface area contributed by atoms with Gasteiger partial charge in [0, 0.05) is 24.0 Å². The molecule has 150 valence electrons. The highest BCUT2D eigenvalue weighted by atomic mass is 35.5. The molecular weight excluding hydrogens is 423 g/mol. The monoisotopic (exact) mass is 442 g/mol. The average Bonchev–Trinajstić information content (AvgIpc) is 2.69. The van der Waals surface area contributed by atoms with Gasteiger partial charge in [-0.05, 0) is 43.2 Å². The second-order valence-electron chi connectivity index (χ2n) is 6.44. The number of methoxy groups -OCH3 is 1. The molecule has 1 fully saturated rings. The summed E-state index contributed by atoms with van der Waals surface area (Å²) < 4.78 is 32.5. The first-order chi connectivity index (χ1) is 13.3. The standard InChI is InChI=1S/C19H20Cl2N2O4S/c1-27-17-7-6-14(20)12-18(17)28(25,26)23-10-8-13(9-11-23)19(24)22-16-5-3-2-4-15(16)21/h2-7,12-13H,8-11H2,1H3,(H,22,24). The lowest BCUT2D eigenvalue weighted by molar-refractivity contribution is -0.120. The van der Waals surface area contributed by atoms with Crippen molar-refractivity contribution in [1.82, 2.24) is 4.31 Å². The van der Waals surface area contributed by atoms with Gasteiger partial charge in [0.2, 0.25) is 15.9 Å². The Morgan fingerprint density at radius 3 is 2.46 bits per heavy atom. The van der Waals surface area contributed by atoms with Crippen LogP contribution in [-0.2, 0) is 14.8 Å². The van der Waals surface area contributed by atoms with Crippen LogP contribution >= 0.6 is 23.2 Å². The number of ether oxygens (including phenoxy) is 1. The fourth-order valence-electron chi connectivity index (χ4n) is 3.15. The van der Waals surface area contributed by atoms with Crippen molar-refractivity contribution in [3.63, 3.8) is 0 Å². The molecule has 28 heavy (non-hydrogen) atoms. The molecule has 2 aromatic carbocycles. The van der Waals surface area contributed by atoms with Gasteiger partial charge in [-0.25, -0.2) is 8.42 Å². The lowest BCUT2D eigenvalue weighted by atomic mass is 9.97. The van der Waals surface area contributed by atoms with E-state index in [-0.39, 0.29) is 35.6 Å². The molecule has 0 aromatic heterocycles. The van der Waals surface area contributed by atoms with Gasteiger partial charge < -0.3 is 10.1 Å². The molecule has 1 heterocycles. The summed E-state index contributed by atoms with van der Waals surface area (Å²) in [6, 6.07) is 11.5. The third-order valence-electron chi connectivity index (χ3n) is 4.70. The molecule has 0 bridgehead atoms. The zero-order valence-electron chi connectivity index (χ0n) is 15.2. The third-order valence-corrected chi connectivity index (χ3v) is 7.18. The number of para-hydroxylation sites is 1. The average molecular weight is 443 g/mol. The number of rotatable bonds is 5. The minimum Gasteiger partial charge on any atom is -0.495 e. The number of piperidine rings is 1. The number of nitrogens with one attached hydrogen (secondary N) is 1. The van der Waals surface area contributed by atoms with Crippen molar-refractivity contribution in [2.24, 2.45) is 5.92 Å². The Labute approximate surface area is 174 Å². The van der Waals surface area contributed by atoms with Crippen LogP contribution < -0.4 is 10.1 Å². The van der Waals surface area contributed by atoms with Crippen molar-refractivity contribution >= 4 is 44.8 Å². The SMILES string of the molecule is COc1ccc(Cl)cc1S(=O)(=O)N1CCC(C(=O)Nc2ccccc2Cl)CC1. The molecule has 1 N–H and O–H groups in total. The van der Waals surface area contributed by atoms with E-state index in [1.807, 2.05) is 0 Å². The predicted octanol–water partition coefficient (Wildman–Crippen LogP) is 4.04. The molecule has 0 atom stereocenters. The second-order valence-corrected chi connectivity index (χ2v) is 9.19. The maximum Gasteiger partial charge on any atom is 0.246 e. The highest BCUT2D eigenvalue weighted by Crippen LogP contribution is 2.32. The summed E-state index contributed by atoms with van der Waals surface area (Å²) >= 11 is 12.0. The molecule has 9 heteroatoms. The van der Waals surface area contributed by atoms with Crippen molar-refractivity contribution in [3.05, 3.63) is 52.5 Å². The Balaban J connectivity index is 1.69. The van der Waals surface area contributed by atoms with E-state index in [1.54, 1.807) is 30.3 Å². The van der Waals surface area contributed by atoms with Gasteiger partial charge in [-0.1, -0.05) is 35.3 Å². The molecule has 3 rings (SSSR count). The van der Waals surface area contributed by atoms with Gasteiger partial charge in [-0.15, -0.1) is 0 Å². The molecule has 1 saturated heterocycles. The van der Waals surface area contributed by atoms with Gasteiger partial charge in [-0.2, -0.15) is 4.31 Å². The summed E-state index contributed by atoms with van der Waals surface area (Å²) in [4.78, 5) is 12.5. The lowest BCUT2D eigenvalue weighted by Crippen LogP contribution is -2.41. The van der Waals surface area contributed by atoms with E-state index in [0.29, 0.717) is 28.6 Å². The number of carbonyl (C=O) groups excluding carboxylic acids is 1. The Hall–Kier alpha value is -1.80. The minimum atomic E-state index is -3.77. The van der Waals surface area contributed by atoms with E-state index >= 15 is 0 Å². The molecule has 2 aromatic rings. The molecule has 1 aliphatic heterocycles. The summed E-state index contributed by atoms with van der Waals surface area (Å²) in [6.45, 7) is 0.469. The molecule has 1 aliphatic rings. The topological polar surface area (TPSA) is 75.7 Å². The largest absolute Gasteiger partial charge is 0.495 e. The van der Waals surface area contributed by atoms with Crippen LogP contribution in [0.3, 0.4) is 0 Å². The highest BCUT2D eigenvalue weighted by Gasteiger charge is 2.34. The first kappa shape index (κ1) is 20.9. The number of sulfonamides is 1. The van der Waals surface area contributed by atoms with Crippen molar-refractivity contribution < 1.29 is 17.9 Å². The summed E-state index contributed by atoms with van der Waals surface area (Å²) in [7, 11) is -2.36. The maximum atomic E-state index is 13.0. The molecule has 0 spiro atoms. The number of halogens is 2. The smallest absolute Gasteiger partial charge is 0.246 e. The number of benzene rings is 2. The molecule has 6 nitrogen and oxygen atoms in total. The molecule has 0 aliphatic carbocycles. The maximum absolute atomic E-state index is 13.0. The quantitative estimate of drug-likeness (QED) is 0.757. The first-order valence-corrected chi connectivity index (χ1v) is 10.9. The van der Waals surface area contributed by atoms with Gasteiger partial charge in [0.05, 0.1) is 17.8 Å². The number of carbonyl (C=O) groups is 1. The lowest BCUT2D eigenvalue weighted by Gasteiger charge is -2.31. The van der Waals surface area contributed by atoms with Crippen LogP contribution in [0.15, 0.2) is 47.4 Å². The van der Waals surface area contributed by atoms with Crippen LogP contribution in [0.5, 0.6) is 5.75 Å². The molecule has 0 unspecified atom stereocenters. The summed E-state index contributed by atoms with van der Waals surface area (Å²) in [6.07, 6.45) is 0.830. The molecular formula is C19H20Cl2N2O4S. The highest BCUT2D eigenvalue weighted by molar-refractivity contribution is 7.89. The van der Waals surface area contributed by atoms with E-state index in [9.17, 15) is 13.2 Å². The van der Waals surface area contributed by atoms with Gasteiger partial charge in [-0.3, -0.25) is 4.79 Å². The normalized spacial score (nSPS) is 16.0. The van der Waals surface area contributed by atoms with Crippen LogP contribution in [0, 0.1) is 5.92 Å². The zero-order valence-corrected chi connectivity index (χ0v) is 17.5. The van der Waals surface area contributed by atoms with Crippen molar-refractivity contribution in [3.8, 4) is 5.75 Å². The first-order valence-electron chi connectivity index (χ1n) is 8.72. The minimum absolute atomic E-state index is 0.0291. The zero-order chi connectivity index (χ0) is 20.3. The van der Waals surface area contributed by atoms with Crippen molar-refractivity contribution in [2.45, 2.75) is 17.7 Å². The van der Waals surface area contributed by atoms with Crippen molar-refractivity contribution in [2.75, 3.05) is 25.5 Å². The summed E-state index contributed by atoms with van der Waals surface area (Å²) in [5.41, 5.74) is 0.549. The van der Waals surface area contributed by atoms with E-state index < -0.39 is 10.0 Å². The van der Waals surface area contributed by atoms with Crippen molar-refractivity contribution in [1.29, 1.82) is 0 Å². The Morgan fingerprint density at radius 1 is 1.14 bits per heavy atom. The van der Waals surface area contributed by atoms with E-state index in [4.69, 9.17) is 27.9 Å². The molecule has 1 amide bonds. The third kappa shape index (κ3) is 4.43. The van der Waals surface area contributed by atoms with Gasteiger partial charge in [0.25, 0.3) is 0 Å². The van der Waals surface area contributed by atoms with Gasteiger partial charge in [0.15, 0.2) is 0 Å². The summed E-state index contributed by atoms with van der Waals surface area (Å²) in [5.74, 6) is -0.211. The fourth-order valence-corrected chi connectivity index (χ4v) is 5.22. The number of hydrogen-bond acceptors (Lipinski definition) is 4. The predicted molar refractivity (Wildman–Crippen MR) is 110 cm³/mol. The van der Waals surface area contributed by atoms with Crippen LogP contribution in [0.2, 0.25) is 10.0 Å². The van der Waals surface area contributed by atoms with Crippen LogP contribution in [-0.4, -0.2) is 38.8 Å². The Kier molecular flexibility index (Phi) is 6.50. The number of hydrogen-bond donors (Lipinski definition) is 1. The molecule has 0 radical (unpaired) electrons. The number of amides is 1. The van der Waals surface area contributed by atoms with E-state index in [1.165, 1.54) is 23.5 Å². The van der Waals surface area contributed by atoms with Crippen LogP contribution in [0.4, 0.5) is 5.69 Å². The number of nitrogens with zero attached hydrogens (tertiary/aromatic N) is 1. The Morgan fingerprint density at radius 2 is 1.82 bits per heavy atom. The summed E-state index contributed by atoms with van der Waals surface area (Å²) in [5, 5.41) is 3.59.